The maximum absolute atomic E-state index is 5.95. The molecule has 0 fully saturated rings. The lowest BCUT2D eigenvalue weighted by Crippen LogP contribution is -2.43. The van der Waals surface area contributed by atoms with Gasteiger partial charge >= 0.3 is 8.56 Å². The fourth-order valence-electron chi connectivity index (χ4n) is 1.56. The van der Waals surface area contributed by atoms with Gasteiger partial charge in [0.1, 0.15) is 0 Å². The molecule has 0 spiro atoms. The summed E-state index contributed by atoms with van der Waals surface area (Å²) in [5.74, 6) is 0. The zero-order valence-corrected chi connectivity index (χ0v) is 12.4. The van der Waals surface area contributed by atoms with Crippen LogP contribution in [0, 0.1) is 0 Å². The van der Waals surface area contributed by atoms with Crippen LogP contribution in [0.1, 0.15) is 13.3 Å². The number of hydrogen-bond acceptors (Lipinski definition) is 5. The van der Waals surface area contributed by atoms with Gasteiger partial charge in [0.15, 0.2) is 0 Å². The van der Waals surface area contributed by atoms with Crippen molar-refractivity contribution in [1.82, 2.24) is 0 Å². The quantitative estimate of drug-likeness (QED) is 0.423. The van der Waals surface area contributed by atoms with Gasteiger partial charge in [0.2, 0.25) is 0 Å². The molecule has 5 nitrogen and oxygen atoms in total. The van der Waals surface area contributed by atoms with Gasteiger partial charge in [-0.1, -0.05) is 6.92 Å². The lowest BCUT2D eigenvalue weighted by molar-refractivity contribution is 0.0859. The van der Waals surface area contributed by atoms with E-state index in [-0.39, 0.29) is 0 Å². The van der Waals surface area contributed by atoms with E-state index in [1.165, 1.54) is 0 Å². The Labute approximate surface area is 106 Å². The summed E-state index contributed by atoms with van der Waals surface area (Å²) in [6.07, 6.45) is 0.944. The van der Waals surface area contributed by atoms with Crippen molar-refractivity contribution in [3.63, 3.8) is 0 Å². The first-order valence-corrected chi connectivity index (χ1v) is 8.43. The van der Waals surface area contributed by atoms with Crippen molar-refractivity contribution in [1.29, 1.82) is 0 Å². The van der Waals surface area contributed by atoms with Crippen LogP contribution in [0.2, 0.25) is 12.1 Å². The first-order chi connectivity index (χ1) is 8.24. The summed E-state index contributed by atoms with van der Waals surface area (Å²) in [7, 11) is 1.24. The molecule has 0 aromatic carbocycles. The smallest absolute Gasteiger partial charge is 0.338 e. The molecule has 6 heteroatoms. The van der Waals surface area contributed by atoms with E-state index in [0.717, 1.165) is 18.5 Å². The first-order valence-electron chi connectivity index (χ1n) is 6.20. The molecule has 0 aliphatic rings. The number of methoxy groups -OCH3 is 2. The largest absolute Gasteiger partial charge is 0.392 e. The van der Waals surface area contributed by atoms with E-state index < -0.39 is 8.56 Å². The Morgan fingerprint density at radius 2 is 1.47 bits per heavy atom. The molecule has 0 aromatic heterocycles. The molecule has 0 unspecified atom stereocenters. The summed E-state index contributed by atoms with van der Waals surface area (Å²) in [5, 5.41) is 0. The Morgan fingerprint density at radius 1 is 0.941 bits per heavy atom. The molecule has 17 heavy (non-hydrogen) atoms. The molecule has 0 aromatic rings. The Bertz CT molecular complexity index is 162. The molecular formula is C11H27NO4Si. The van der Waals surface area contributed by atoms with E-state index in [9.17, 15) is 0 Å². The first kappa shape index (κ1) is 17.0. The van der Waals surface area contributed by atoms with Crippen LogP contribution < -0.4 is 5.73 Å². The maximum atomic E-state index is 5.95. The Balaban J connectivity index is 4.17. The zero-order valence-electron chi connectivity index (χ0n) is 11.4. The second-order valence-electron chi connectivity index (χ2n) is 3.84. The van der Waals surface area contributed by atoms with Crippen molar-refractivity contribution < 1.29 is 18.3 Å². The third-order valence-corrected chi connectivity index (χ3v) is 6.26. The standard InChI is InChI=1S/C11H27NO4Si/c1-4-17(11-5-6-12,15-9-7-13-2)16-10-8-14-3/h4-12H2,1-3H3. The third-order valence-electron chi connectivity index (χ3n) is 2.61. The van der Waals surface area contributed by atoms with E-state index in [1.54, 1.807) is 14.2 Å². The molecule has 2 N–H and O–H groups in total. The van der Waals surface area contributed by atoms with Crippen molar-refractivity contribution in [2.24, 2.45) is 5.73 Å². The van der Waals surface area contributed by atoms with Crippen LogP contribution in [0.25, 0.3) is 0 Å². The second-order valence-corrected chi connectivity index (χ2v) is 7.44. The minimum Gasteiger partial charge on any atom is -0.392 e. The Kier molecular flexibility index (Phi) is 11.1. The summed E-state index contributed by atoms with van der Waals surface area (Å²) < 4.78 is 21.9. The Morgan fingerprint density at radius 3 is 1.82 bits per heavy atom. The van der Waals surface area contributed by atoms with Crippen molar-refractivity contribution >= 4 is 8.56 Å². The SMILES string of the molecule is CC[Si](CCCN)(OCCOC)OCCOC. The number of nitrogens with two attached hydrogens (primary N) is 1. The van der Waals surface area contributed by atoms with E-state index in [0.29, 0.717) is 33.0 Å². The van der Waals surface area contributed by atoms with E-state index in [4.69, 9.17) is 24.1 Å². The van der Waals surface area contributed by atoms with Crippen LogP contribution in [-0.4, -0.2) is 55.8 Å². The van der Waals surface area contributed by atoms with Crippen LogP contribution in [0.5, 0.6) is 0 Å². The molecule has 0 aliphatic heterocycles. The van der Waals surface area contributed by atoms with Gasteiger partial charge in [0, 0.05) is 14.2 Å². The van der Waals surface area contributed by atoms with Crippen LogP contribution in [0.15, 0.2) is 0 Å². The van der Waals surface area contributed by atoms with Crippen LogP contribution >= 0.6 is 0 Å². The van der Waals surface area contributed by atoms with E-state index in [1.807, 2.05) is 0 Å². The molecule has 0 aliphatic carbocycles. The molecular weight excluding hydrogens is 238 g/mol. The predicted octanol–water partition coefficient (Wildman–Crippen LogP) is 1.12. The second kappa shape index (κ2) is 11.1. The van der Waals surface area contributed by atoms with Gasteiger partial charge < -0.3 is 24.1 Å². The number of ether oxygens (including phenoxy) is 2. The highest BCUT2D eigenvalue weighted by Gasteiger charge is 2.34. The van der Waals surface area contributed by atoms with Crippen LogP contribution in [0.3, 0.4) is 0 Å². The lowest BCUT2D eigenvalue weighted by Gasteiger charge is -2.29. The van der Waals surface area contributed by atoms with Crippen molar-refractivity contribution in [3.05, 3.63) is 0 Å². The molecule has 0 saturated heterocycles. The molecule has 104 valence electrons. The third kappa shape index (κ3) is 7.85. The molecule has 0 heterocycles. The normalized spacial score (nSPS) is 12.0. The molecule has 0 radical (unpaired) electrons. The zero-order chi connectivity index (χ0) is 13.0. The summed E-state index contributed by atoms with van der Waals surface area (Å²) >= 11 is 0. The van der Waals surface area contributed by atoms with Crippen LogP contribution in [0.4, 0.5) is 0 Å². The van der Waals surface area contributed by atoms with Crippen LogP contribution in [-0.2, 0) is 18.3 Å². The summed E-state index contributed by atoms with van der Waals surface area (Å²) in [4.78, 5) is 0. The average molecular weight is 265 g/mol. The van der Waals surface area contributed by atoms with E-state index in [2.05, 4.69) is 6.92 Å². The maximum Gasteiger partial charge on any atom is 0.338 e. The number of rotatable bonds is 12. The molecule has 0 amide bonds. The summed E-state index contributed by atoms with van der Waals surface area (Å²) in [5.41, 5.74) is 5.56. The number of hydrogen-bond donors (Lipinski definition) is 1. The minimum atomic E-state index is -2.10. The van der Waals surface area contributed by atoms with Crippen molar-refractivity contribution in [2.45, 2.75) is 25.4 Å². The van der Waals surface area contributed by atoms with Crippen molar-refractivity contribution in [3.8, 4) is 0 Å². The van der Waals surface area contributed by atoms with Gasteiger partial charge in [0.05, 0.1) is 26.4 Å². The highest BCUT2D eigenvalue weighted by Crippen LogP contribution is 2.20. The van der Waals surface area contributed by atoms with Gasteiger partial charge in [-0.2, -0.15) is 0 Å². The predicted molar refractivity (Wildman–Crippen MR) is 70.4 cm³/mol. The van der Waals surface area contributed by atoms with E-state index >= 15 is 0 Å². The van der Waals surface area contributed by atoms with Gasteiger partial charge in [-0.3, -0.25) is 0 Å². The van der Waals surface area contributed by atoms with Gasteiger partial charge in [-0.25, -0.2) is 0 Å². The molecule has 0 rings (SSSR count). The van der Waals surface area contributed by atoms with Crippen molar-refractivity contribution in [2.75, 3.05) is 47.2 Å². The Hall–Kier alpha value is 0.0169. The molecule has 0 bridgehead atoms. The highest BCUT2D eigenvalue weighted by atomic mass is 28.4. The fraction of sp³-hybridized carbons (Fsp3) is 1.00. The lowest BCUT2D eigenvalue weighted by atomic mass is 10.5. The average Bonchev–Trinajstić information content (AvgIpc) is 2.36. The molecule has 0 atom stereocenters. The fourth-order valence-corrected chi connectivity index (χ4v) is 4.35. The minimum absolute atomic E-state index is 0.591. The van der Waals surface area contributed by atoms with Gasteiger partial charge in [-0.15, -0.1) is 0 Å². The topological polar surface area (TPSA) is 62.9 Å². The highest BCUT2D eigenvalue weighted by molar-refractivity contribution is 6.67. The summed E-state index contributed by atoms with van der Waals surface area (Å²) in [6.45, 7) is 5.18. The summed E-state index contributed by atoms with van der Waals surface area (Å²) in [6, 6.07) is 1.87. The van der Waals surface area contributed by atoms with Gasteiger partial charge in [-0.05, 0) is 25.1 Å². The molecule has 0 saturated carbocycles. The monoisotopic (exact) mass is 265 g/mol. The van der Waals surface area contributed by atoms with Gasteiger partial charge in [0.25, 0.3) is 0 Å².